The second-order valence-corrected chi connectivity index (χ2v) is 7.88. The lowest BCUT2D eigenvalue weighted by Crippen LogP contribution is -2.27. The van der Waals surface area contributed by atoms with Crippen LogP contribution in [0.5, 0.6) is 0 Å². The molecule has 28 heavy (non-hydrogen) atoms. The van der Waals surface area contributed by atoms with Gasteiger partial charge in [-0.05, 0) is 49.6 Å². The molecule has 2 amide bonds. The Hall–Kier alpha value is -3.06. The number of aryl methyl sites for hydroxylation is 1. The molecule has 2 heterocycles. The molecular weight excluding hydrogens is 372 g/mol. The maximum absolute atomic E-state index is 12.8. The zero-order chi connectivity index (χ0) is 19.5. The number of amides is 2. The number of anilines is 2. The molecule has 0 fully saturated rings. The predicted molar refractivity (Wildman–Crippen MR) is 110 cm³/mol. The fourth-order valence-corrected chi connectivity index (χ4v) is 4.48. The van der Waals surface area contributed by atoms with Crippen LogP contribution >= 0.6 is 11.3 Å². The molecule has 142 valence electrons. The van der Waals surface area contributed by atoms with E-state index in [1.165, 1.54) is 11.8 Å². The summed E-state index contributed by atoms with van der Waals surface area (Å²) in [5.74, 6) is -0.232. The summed E-state index contributed by atoms with van der Waals surface area (Å²) in [5, 5.41) is 6.61. The van der Waals surface area contributed by atoms with Gasteiger partial charge in [-0.1, -0.05) is 12.1 Å². The molecule has 1 aliphatic rings. The molecule has 2 N–H and O–H groups in total. The van der Waals surface area contributed by atoms with Crippen molar-refractivity contribution in [2.24, 2.45) is 5.92 Å². The fraction of sp³-hybridized carbons (Fsp3) is 0.238. The van der Waals surface area contributed by atoms with Gasteiger partial charge < -0.3 is 10.6 Å². The summed E-state index contributed by atoms with van der Waals surface area (Å²) >= 11 is 1.62. The van der Waals surface area contributed by atoms with Crippen molar-refractivity contribution in [3.8, 4) is 10.7 Å². The molecule has 0 aliphatic heterocycles. The van der Waals surface area contributed by atoms with Crippen LogP contribution in [0.4, 0.5) is 11.4 Å². The van der Waals surface area contributed by atoms with Crippen LogP contribution in [0.1, 0.15) is 23.9 Å². The Bertz CT molecular complexity index is 1020. The first-order chi connectivity index (χ1) is 13.6. The third kappa shape index (κ3) is 4.09. The Kier molecular flexibility index (Phi) is 5.16. The minimum atomic E-state index is -0.141. The molecule has 0 saturated heterocycles. The van der Waals surface area contributed by atoms with Crippen LogP contribution in [0, 0.1) is 5.92 Å². The molecule has 3 aromatic rings. The molecule has 1 aliphatic carbocycles. The number of carbonyl (C=O) groups excluding carboxylic acids is 2. The number of benzene rings is 1. The van der Waals surface area contributed by atoms with Gasteiger partial charge in [0.25, 0.3) is 0 Å². The molecule has 0 spiro atoms. The average Bonchev–Trinajstić information content (AvgIpc) is 3.12. The zero-order valence-electron chi connectivity index (χ0n) is 15.4. The fourth-order valence-electron chi connectivity index (χ4n) is 3.32. The van der Waals surface area contributed by atoms with Crippen molar-refractivity contribution in [1.29, 1.82) is 0 Å². The number of pyridine rings is 1. The standard InChI is InChI=1S/C21H20N4O2S/c1-13(26)23-15-5-4-6-16(12-15)24-20(27)14-8-9-17-19(11-14)28-21(25-17)18-7-2-3-10-22-18/h2-7,10,12,14H,8-9,11H2,1H3,(H,23,26)(H,24,27). The molecule has 0 saturated carbocycles. The van der Waals surface area contributed by atoms with Gasteiger partial charge in [0.2, 0.25) is 11.8 Å². The molecule has 2 aromatic heterocycles. The third-order valence-corrected chi connectivity index (χ3v) is 5.79. The lowest BCUT2D eigenvalue weighted by molar-refractivity contribution is -0.120. The second-order valence-electron chi connectivity index (χ2n) is 6.79. The van der Waals surface area contributed by atoms with Crippen molar-refractivity contribution in [3.63, 3.8) is 0 Å². The van der Waals surface area contributed by atoms with Crippen LogP contribution in [0.15, 0.2) is 48.7 Å². The molecule has 4 rings (SSSR count). The molecule has 1 unspecified atom stereocenters. The van der Waals surface area contributed by atoms with E-state index >= 15 is 0 Å². The minimum Gasteiger partial charge on any atom is -0.326 e. The number of hydrogen-bond donors (Lipinski definition) is 2. The van der Waals surface area contributed by atoms with Gasteiger partial charge in [0.05, 0.1) is 11.4 Å². The van der Waals surface area contributed by atoms with Crippen LogP contribution in [0.25, 0.3) is 10.7 Å². The van der Waals surface area contributed by atoms with Crippen LogP contribution in [0.3, 0.4) is 0 Å². The van der Waals surface area contributed by atoms with Gasteiger partial charge in [-0.2, -0.15) is 0 Å². The number of nitrogens with zero attached hydrogens (tertiary/aromatic N) is 2. The second kappa shape index (κ2) is 7.90. The van der Waals surface area contributed by atoms with Gasteiger partial charge >= 0.3 is 0 Å². The van der Waals surface area contributed by atoms with Gasteiger partial charge in [-0.15, -0.1) is 11.3 Å². The van der Waals surface area contributed by atoms with Gasteiger partial charge in [-0.25, -0.2) is 4.98 Å². The van der Waals surface area contributed by atoms with Crippen molar-refractivity contribution >= 4 is 34.5 Å². The van der Waals surface area contributed by atoms with E-state index in [1.54, 1.807) is 29.7 Å². The van der Waals surface area contributed by atoms with Crippen molar-refractivity contribution in [1.82, 2.24) is 9.97 Å². The van der Waals surface area contributed by atoms with Crippen molar-refractivity contribution in [3.05, 3.63) is 59.2 Å². The Balaban J connectivity index is 1.45. The van der Waals surface area contributed by atoms with Crippen LogP contribution < -0.4 is 10.6 Å². The Labute approximate surface area is 167 Å². The van der Waals surface area contributed by atoms with E-state index in [9.17, 15) is 9.59 Å². The summed E-state index contributed by atoms with van der Waals surface area (Å²) < 4.78 is 0. The van der Waals surface area contributed by atoms with Gasteiger partial charge in [-0.3, -0.25) is 14.6 Å². The summed E-state index contributed by atoms with van der Waals surface area (Å²) in [5.41, 5.74) is 3.30. The van der Waals surface area contributed by atoms with Gasteiger partial charge in [0, 0.05) is 35.3 Å². The highest BCUT2D eigenvalue weighted by Crippen LogP contribution is 2.34. The van der Waals surface area contributed by atoms with Crippen LogP contribution in [0.2, 0.25) is 0 Å². The Morgan fingerprint density at radius 3 is 2.68 bits per heavy atom. The number of aromatic nitrogens is 2. The number of carbonyl (C=O) groups is 2. The van der Waals surface area contributed by atoms with E-state index < -0.39 is 0 Å². The smallest absolute Gasteiger partial charge is 0.227 e. The largest absolute Gasteiger partial charge is 0.326 e. The third-order valence-electron chi connectivity index (χ3n) is 4.64. The molecule has 0 bridgehead atoms. The highest BCUT2D eigenvalue weighted by Gasteiger charge is 2.28. The summed E-state index contributed by atoms with van der Waals surface area (Å²) in [6.45, 7) is 1.46. The molecule has 6 nitrogen and oxygen atoms in total. The summed E-state index contributed by atoms with van der Waals surface area (Å²) in [7, 11) is 0. The zero-order valence-corrected chi connectivity index (χ0v) is 16.3. The summed E-state index contributed by atoms with van der Waals surface area (Å²) in [6, 6.07) is 13.0. The summed E-state index contributed by atoms with van der Waals surface area (Å²) in [4.78, 5) is 34.2. The van der Waals surface area contributed by atoms with E-state index in [4.69, 9.17) is 4.98 Å². The Morgan fingerprint density at radius 2 is 1.93 bits per heavy atom. The maximum Gasteiger partial charge on any atom is 0.227 e. The monoisotopic (exact) mass is 392 g/mol. The van der Waals surface area contributed by atoms with E-state index in [-0.39, 0.29) is 17.7 Å². The van der Waals surface area contributed by atoms with Gasteiger partial charge in [0.1, 0.15) is 5.01 Å². The van der Waals surface area contributed by atoms with Crippen LogP contribution in [-0.2, 0) is 22.4 Å². The van der Waals surface area contributed by atoms with E-state index in [1.807, 2.05) is 30.3 Å². The highest BCUT2D eigenvalue weighted by atomic mass is 32.1. The predicted octanol–water partition coefficient (Wildman–Crippen LogP) is 3.91. The normalized spacial score (nSPS) is 15.5. The lowest BCUT2D eigenvalue weighted by Gasteiger charge is -2.20. The maximum atomic E-state index is 12.8. The van der Waals surface area contributed by atoms with Gasteiger partial charge in [0.15, 0.2) is 0 Å². The Morgan fingerprint density at radius 1 is 1.11 bits per heavy atom. The van der Waals surface area contributed by atoms with Crippen molar-refractivity contribution < 1.29 is 9.59 Å². The topological polar surface area (TPSA) is 84.0 Å². The van der Waals surface area contributed by atoms with Crippen molar-refractivity contribution in [2.45, 2.75) is 26.2 Å². The number of rotatable bonds is 4. The molecule has 1 aromatic carbocycles. The number of nitrogens with one attached hydrogen (secondary N) is 2. The lowest BCUT2D eigenvalue weighted by atomic mass is 9.90. The SMILES string of the molecule is CC(=O)Nc1cccc(NC(=O)C2CCc3nc(-c4ccccn4)sc3C2)c1. The van der Waals surface area contributed by atoms with Crippen LogP contribution in [-0.4, -0.2) is 21.8 Å². The number of thiazole rings is 1. The first kappa shape index (κ1) is 18.3. The minimum absolute atomic E-state index is 0.00147. The van der Waals surface area contributed by atoms with Crippen molar-refractivity contribution in [2.75, 3.05) is 10.6 Å². The molecule has 0 radical (unpaired) electrons. The summed E-state index contributed by atoms with van der Waals surface area (Å²) in [6.07, 6.45) is 4.02. The molecular formula is C21H20N4O2S. The van der Waals surface area contributed by atoms with E-state index in [0.29, 0.717) is 17.8 Å². The number of fused-ring (bicyclic) bond motifs is 1. The first-order valence-electron chi connectivity index (χ1n) is 9.17. The van der Waals surface area contributed by atoms with E-state index in [2.05, 4.69) is 15.6 Å². The highest BCUT2D eigenvalue weighted by molar-refractivity contribution is 7.15. The first-order valence-corrected chi connectivity index (χ1v) is 9.98. The number of hydrogen-bond acceptors (Lipinski definition) is 5. The molecule has 7 heteroatoms. The molecule has 1 atom stereocenters. The quantitative estimate of drug-likeness (QED) is 0.705. The average molecular weight is 392 g/mol. The van der Waals surface area contributed by atoms with E-state index in [0.717, 1.165) is 29.2 Å².